The first-order valence-electron chi connectivity index (χ1n) is 11.6. The number of benzene rings is 5. The number of hydrogen-bond donors (Lipinski definition) is 0. The van der Waals surface area contributed by atoms with Gasteiger partial charge >= 0.3 is 0 Å². The molecule has 0 saturated heterocycles. The molecule has 0 aliphatic heterocycles. The molecule has 0 aliphatic carbocycles. The van der Waals surface area contributed by atoms with Gasteiger partial charge in [0.15, 0.2) is 0 Å². The summed E-state index contributed by atoms with van der Waals surface area (Å²) < 4.78 is 0. The van der Waals surface area contributed by atoms with Crippen molar-refractivity contribution >= 4 is 43.1 Å². The molecule has 170 valence electrons. The fraction of sp³-hybridized carbons (Fsp3) is 0.267. The van der Waals surface area contributed by atoms with Crippen molar-refractivity contribution < 1.29 is 0 Å². The van der Waals surface area contributed by atoms with E-state index in [2.05, 4.69) is 84.1 Å². The van der Waals surface area contributed by atoms with Crippen molar-refractivity contribution in [2.45, 2.75) is 27.7 Å². The minimum Gasteiger partial charge on any atom is -0.288 e. The van der Waals surface area contributed by atoms with Gasteiger partial charge in [0.1, 0.15) is 0 Å². The van der Waals surface area contributed by atoms with Gasteiger partial charge in [0.2, 0.25) is 0 Å². The zero-order chi connectivity index (χ0) is 24.3. The van der Waals surface area contributed by atoms with Gasteiger partial charge in [0.25, 0.3) is 0 Å². The molecule has 5 rings (SSSR count). The monoisotopic (exact) mass is 446 g/mol. The van der Waals surface area contributed by atoms with Crippen molar-refractivity contribution in [2.75, 3.05) is 28.2 Å². The molecule has 0 fully saturated rings. The van der Waals surface area contributed by atoms with Crippen molar-refractivity contribution in [1.29, 1.82) is 0 Å². The van der Waals surface area contributed by atoms with Crippen LogP contribution >= 0.6 is 0 Å². The molecule has 34 heavy (non-hydrogen) atoms. The molecule has 0 unspecified atom stereocenters. The van der Waals surface area contributed by atoms with Crippen LogP contribution in [0.1, 0.15) is 22.3 Å². The smallest absolute Gasteiger partial charge is 0.0682 e. The summed E-state index contributed by atoms with van der Waals surface area (Å²) >= 11 is 0. The summed E-state index contributed by atoms with van der Waals surface area (Å²) in [7, 11) is 7.49. The molecule has 0 atom stereocenters. The Morgan fingerprint density at radius 1 is 0.353 bits per heavy atom. The summed E-state index contributed by atoms with van der Waals surface area (Å²) in [5.74, 6) is 0. The number of nitrogens with zero attached hydrogens (tertiary/aromatic N) is 4. The number of hydrogen-bond acceptors (Lipinski definition) is 4. The van der Waals surface area contributed by atoms with E-state index in [1.807, 2.05) is 28.2 Å². The van der Waals surface area contributed by atoms with E-state index in [-0.39, 0.29) is 0 Å². The lowest BCUT2D eigenvalue weighted by Crippen LogP contribution is -2.20. The van der Waals surface area contributed by atoms with Gasteiger partial charge in [-0.05, 0) is 108 Å². The standard InChI is InChI=1S/C30H30N4/c1-15-16(2)28(32-6)24-12-20-10-22-14-26-25(29(33-7)17(3)18(4)30(26)34-8)13-21(22)9-19(20)11-23(24)27(15)31-5/h9-14H,1-8H3. The summed E-state index contributed by atoms with van der Waals surface area (Å²) in [5.41, 5.74) is 4.77. The van der Waals surface area contributed by atoms with E-state index in [0.29, 0.717) is 0 Å². The van der Waals surface area contributed by atoms with Crippen molar-refractivity contribution in [3.8, 4) is 0 Å². The van der Waals surface area contributed by atoms with Gasteiger partial charge in [0.05, 0.1) is 21.4 Å². The van der Waals surface area contributed by atoms with Crippen molar-refractivity contribution in [1.82, 2.24) is 0 Å². The lowest BCUT2D eigenvalue weighted by Gasteiger charge is -2.12. The summed E-state index contributed by atoms with van der Waals surface area (Å²) in [4.78, 5) is 18.6. The highest BCUT2D eigenvalue weighted by atomic mass is 14.7. The molecular formula is C30H30N4. The molecule has 0 heterocycles. The second-order valence-corrected chi connectivity index (χ2v) is 9.13. The highest BCUT2D eigenvalue weighted by Gasteiger charge is 2.12. The SMILES string of the molecule is CN=c1c(C)c(C)c(=NC)c2cc3cc4cc5c(=NC)c(C)c(C)c(=NC)c5cc4cc3cc12. The predicted octanol–water partition coefficient (Wildman–Crippen LogP) is 4.53. The van der Waals surface area contributed by atoms with Crippen LogP contribution in [0, 0.1) is 27.7 Å². The first kappa shape index (κ1) is 22.1. The van der Waals surface area contributed by atoms with Crippen LogP contribution < -0.4 is 21.4 Å². The Balaban J connectivity index is 2.01. The number of fused-ring (bicyclic) bond motifs is 4. The third kappa shape index (κ3) is 2.98. The minimum absolute atomic E-state index is 1.05. The average molecular weight is 447 g/mol. The van der Waals surface area contributed by atoms with E-state index in [1.54, 1.807) is 0 Å². The normalized spacial score (nSPS) is 14.6. The third-order valence-electron chi connectivity index (χ3n) is 7.53. The second kappa shape index (κ2) is 7.98. The zero-order valence-electron chi connectivity index (χ0n) is 21.3. The Labute approximate surface area is 199 Å². The largest absolute Gasteiger partial charge is 0.288 e. The Hall–Kier alpha value is -3.66. The quantitative estimate of drug-likeness (QED) is 0.314. The van der Waals surface area contributed by atoms with Crippen molar-refractivity contribution in [2.24, 2.45) is 20.0 Å². The minimum atomic E-state index is 1.05. The topological polar surface area (TPSA) is 49.4 Å². The van der Waals surface area contributed by atoms with Crippen molar-refractivity contribution in [3.05, 3.63) is 80.1 Å². The Morgan fingerprint density at radius 3 is 0.735 bits per heavy atom. The van der Waals surface area contributed by atoms with E-state index >= 15 is 0 Å². The molecule has 0 aromatic heterocycles. The Kier molecular flexibility index (Phi) is 5.20. The van der Waals surface area contributed by atoms with Crippen LogP contribution in [0.2, 0.25) is 0 Å². The van der Waals surface area contributed by atoms with Crippen LogP contribution in [0.25, 0.3) is 43.1 Å². The lowest BCUT2D eigenvalue weighted by atomic mass is 9.93. The molecular weight excluding hydrogens is 416 g/mol. The molecule has 5 aromatic carbocycles. The molecule has 0 spiro atoms. The highest BCUT2D eigenvalue weighted by molar-refractivity contribution is 6.08. The molecule has 0 N–H and O–H groups in total. The fourth-order valence-corrected chi connectivity index (χ4v) is 5.56. The Morgan fingerprint density at radius 2 is 0.559 bits per heavy atom. The highest BCUT2D eigenvalue weighted by Crippen LogP contribution is 2.28. The van der Waals surface area contributed by atoms with Crippen LogP contribution in [0.15, 0.2) is 56.4 Å². The van der Waals surface area contributed by atoms with Crippen LogP contribution in [0.5, 0.6) is 0 Å². The molecule has 4 heteroatoms. The molecule has 0 amide bonds. The molecule has 0 bridgehead atoms. The molecule has 0 saturated carbocycles. The van der Waals surface area contributed by atoms with Gasteiger partial charge < -0.3 is 0 Å². The lowest BCUT2D eigenvalue weighted by molar-refractivity contribution is 1.16. The molecule has 0 radical (unpaired) electrons. The van der Waals surface area contributed by atoms with Crippen LogP contribution in [0.4, 0.5) is 0 Å². The average Bonchev–Trinajstić information content (AvgIpc) is 2.83. The summed E-state index contributed by atoms with van der Waals surface area (Å²) in [5, 5.41) is 13.6. The van der Waals surface area contributed by atoms with Gasteiger partial charge in [0, 0.05) is 49.7 Å². The van der Waals surface area contributed by atoms with Crippen LogP contribution in [-0.4, -0.2) is 28.2 Å². The van der Waals surface area contributed by atoms with Gasteiger partial charge in [-0.15, -0.1) is 0 Å². The summed E-state index contributed by atoms with van der Waals surface area (Å²) in [6, 6.07) is 13.7. The van der Waals surface area contributed by atoms with Crippen LogP contribution in [-0.2, 0) is 0 Å². The predicted molar refractivity (Wildman–Crippen MR) is 144 cm³/mol. The van der Waals surface area contributed by atoms with Gasteiger partial charge in [-0.1, -0.05) is 0 Å². The van der Waals surface area contributed by atoms with Gasteiger partial charge in [-0.2, -0.15) is 0 Å². The summed E-state index contributed by atoms with van der Waals surface area (Å²) in [6.45, 7) is 8.55. The second-order valence-electron chi connectivity index (χ2n) is 9.13. The molecule has 0 aliphatic rings. The first-order chi connectivity index (χ1) is 16.3. The zero-order valence-corrected chi connectivity index (χ0v) is 21.3. The maximum Gasteiger partial charge on any atom is 0.0682 e. The number of rotatable bonds is 0. The fourth-order valence-electron chi connectivity index (χ4n) is 5.56. The first-order valence-corrected chi connectivity index (χ1v) is 11.6. The Bertz CT molecular complexity index is 1650. The third-order valence-corrected chi connectivity index (χ3v) is 7.53. The summed E-state index contributed by atoms with van der Waals surface area (Å²) in [6.07, 6.45) is 0. The maximum atomic E-state index is 4.64. The maximum absolute atomic E-state index is 4.64. The van der Waals surface area contributed by atoms with E-state index in [1.165, 1.54) is 43.8 Å². The van der Waals surface area contributed by atoms with Gasteiger partial charge in [-0.25, -0.2) is 0 Å². The van der Waals surface area contributed by atoms with E-state index in [0.717, 1.165) is 43.0 Å². The van der Waals surface area contributed by atoms with E-state index < -0.39 is 0 Å². The van der Waals surface area contributed by atoms with Crippen LogP contribution in [0.3, 0.4) is 0 Å². The van der Waals surface area contributed by atoms with Crippen molar-refractivity contribution in [3.63, 3.8) is 0 Å². The molecule has 4 nitrogen and oxygen atoms in total. The van der Waals surface area contributed by atoms with E-state index in [9.17, 15) is 0 Å². The molecule has 5 aromatic rings. The van der Waals surface area contributed by atoms with E-state index in [4.69, 9.17) is 0 Å². The van der Waals surface area contributed by atoms with Gasteiger partial charge in [-0.3, -0.25) is 20.0 Å².